The number of ketones is 1. The Kier molecular flexibility index (Phi) is 15.6. The van der Waals surface area contributed by atoms with Crippen molar-refractivity contribution in [3.8, 4) is 0 Å². The molecule has 0 bridgehead atoms. The SMILES string of the molecule is CCCCNc1cc2c([nH]c(=O)n2Cc2ccc(C(=O)CCC(=O)NCCCNCCCCCCCCI)cc2)c(N)n1. The van der Waals surface area contributed by atoms with E-state index in [1.165, 1.54) is 43.0 Å². The molecule has 0 spiro atoms. The first kappa shape index (κ1) is 34.6. The number of aromatic nitrogens is 3. The zero-order valence-electron chi connectivity index (χ0n) is 25.5. The number of benzene rings is 1. The third-order valence-corrected chi connectivity index (χ3v) is 8.18. The van der Waals surface area contributed by atoms with Gasteiger partial charge in [-0.2, -0.15) is 0 Å². The molecule has 3 aromatic rings. The summed E-state index contributed by atoms with van der Waals surface area (Å²) in [5.74, 6) is 0.718. The maximum absolute atomic E-state index is 12.7. The highest BCUT2D eigenvalue weighted by atomic mass is 127. The Bertz CT molecular complexity index is 1340. The van der Waals surface area contributed by atoms with Crippen LogP contribution in [0.5, 0.6) is 0 Å². The number of aromatic amines is 1. The second-order valence-corrected chi connectivity index (χ2v) is 12.0. The maximum Gasteiger partial charge on any atom is 0.326 e. The molecule has 0 saturated heterocycles. The van der Waals surface area contributed by atoms with Crippen LogP contribution in [-0.4, -0.2) is 56.8 Å². The summed E-state index contributed by atoms with van der Waals surface area (Å²) in [6.45, 7) is 5.72. The minimum atomic E-state index is -0.274. The van der Waals surface area contributed by atoms with Crippen molar-refractivity contribution in [1.29, 1.82) is 0 Å². The number of Topliss-reactive ketones (excluding diaryl/α,β-unsaturated/α-hetero) is 1. The number of unbranched alkanes of at least 4 members (excludes halogenated alkanes) is 6. The van der Waals surface area contributed by atoms with Gasteiger partial charge >= 0.3 is 5.69 Å². The third kappa shape index (κ3) is 11.9. The standard InChI is InChI=1S/C32H48IN7O3/c1-2-3-20-36-28-22-26-30(31(34)38-28)39-32(43)40(26)23-24-11-13-25(14-12-24)27(41)15-16-29(42)37-21-10-19-35-18-9-7-5-4-6-8-17-33/h11-14,22,35H,2-10,15-21,23H2,1H3,(H,37,42)(H,39,43)(H3,34,36,38). The average molecular weight is 706 g/mol. The summed E-state index contributed by atoms with van der Waals surface area (Å²) in [6, 6.07) is 9.00. The summed E-state index contributed by atoms with van der Waals surface area (Å²) in [5.41, 5.74) is 8.44. The fourth-order valence-electron chi connectivity index (χ4n) is 4.87. The van der Waals surface area contributed by atoms with Gasteiger partial charge in [0, 0.05) is 37.6 Å². The molecule has 0 aliphatic rings. The van der Waals surface area contributed by atoms with Gasteiger partial charge < -0.3 is 26.7 Å². The lowest BCUT2D eigenvalue weighted by Crippen LogP contribution is -2.27. The van der Waals surface area contributed by atoms with Crippen molar-refractivity contribution in [2.45, 2.75) is 84.1 Å². The molecule has 1 aromatic carbocycles. The van der Waals surface area contributed by atoms with E-state index in [0.717, 1.165) is 44.5 Å². The van der Waals surface area contributed by atoms with Crippen molar-refractivity contribution in [1.82, 2.24) is 25.2 Å². The first-order valence-corrected chi connectivity index (χ1v) is 17.2. The van der Waals surface area contributed by atoms with Crippen molar-refractivity contribution in [2.24, 2.45) is 0 Å². The number of nitrogens with one attached hydrogen (secondary N) is 4. The number of alkyl halides is 1. The number of rotatable bonds is 22. The molecule has 0 atom stereocenters. The molecule has 1 amide bonds. The molecule has 0 saturated carbocycles. The van der Waals surface area contributed by atoms with E-state index in [0.29, 0.717) is 35.5 Å². The molecule has 0 unspecified atom stereocenters. The van der Waals surface area contributed by atoms with E-state index < -0.39 is 0 Å². The summed E-state index contributed by atoms with van der Waals surface area (Å²) >= 11 is 2.44. The number of fused-ring (bicyclic) bond motifs is 1. The number of amides is 1. The quantitative estimate of drug-likeness (QED) is 0.0407. The first-order valence-electron chi connectivity index (χ1n) is 15.7. The molecule has 0 fully saturated rings. The van der Waals surface area contributed by atoms with E-state index in [9.17, 15) is 14.4 Å². The van der Waals surface area contributed by atoms with E-state index in [1.54, 1.807) is 16.7 Å². The molecule has 0 radical (unpaired) electrons. The monoisotopic (exact) mass is 705 g/mol. The number of hydrogen-bond donors (Lipinski definition) is 5. The normalized spacial score (nSPS) is 11.2. The number of imidazole rings is 1. The van der Waals surface area contributed by atoms with Crippen LogP contribution in [0.4, 0.5) is 11.6 Å². The number of halogens is 1. The van der Waals surface area contributed by atoms with Crippen LogP contribution in [0.3, 0.4) is 0 Å². The molecule has 2 heterocycles. The Morgan fingerprint density at radius 3 is 2.40 bits per heavy atom. The van der Waals surface area contributed by atoms with Crippen molar-refractivity contribution in [3.05, 3.63) is 51.9 Å². The van der Waals surface area contributed by atoms with Gasteiger partial charge in [0.25, 0.3) is 0 Å². The van der Waals surface area contributed by atoms with Crippen molar-refractivity contribution < 1.29 is 9.59 Å². The number of H-pyrrole nitrogens is 1. The minimum Gasteiger partial charge on any atom is -0.382 e. The van der Waals surface area contributed by atoms with E-state index >= 15 is 0 Å². The van der Waals surface area contributed by atoms with Gasteiger partial charge in [-0.3, -0.25) is 14.2 Å². The minimum absolute atomic E-state index is 0.0800. The second kappa shape index (κ2) is 19.4. The highest BCUT2D eigenvalue weighted by molar-refractivity contribution is 14.1. The van der Waals surface area contributed by atoms with Crippen LogP contribution < -0.4 is 27.4 Å². The number of pyridine rings is 1. The molecule has 6 N–H and O–H groups in total. The van der Waals surface area contributed by atoms with Gasteiger partial charge in [0.15, 0.2) is 11.6 Å². The first-order chi connectivity index (χ1) is 20.9. The fourth-order valence-corrected chi connectivity index (χ4v) is 5.41. The number of hydrogen-bond acceptors (Lipinski definition) is 7. The van der Waals surface area contributed by atoms with E-state index in [-0.39, 0.29) is 36.0 Å². The highest BCUT2D eigenvalue weighted by Crippen LogP contribution is 2.21. The van der Waals surface area contributed by atoms with Crippen molar-refractivity contribution >= 4 is 57.0 Å². The van der Waals surface area contributed by atoms with Crippen LogP contribution in [0.2, 0.25) is 0 Å². The number of nitrogen functional groups attached to an aromatic ring is 1. The molecular weight excluding hydrogens is 657 g/mol. The Balaban J connectivity index is 1.38. The van der Waals surface area contributed by atoms with Gasteiger partial charge in [-0.1, -0.05) is 85.9 Å². The Morgan fingerprint density at radius 1 is 0.930 bits per heavy atom. The van der Waals surface area contributed by atoms with Crippen molar-refractivity contribution in [3.63, 3.8) is 0 Å². The van der Waals surface area contributed by atoms with Crippen LogP contribution in [-0.2, 0) is 11.3 Å². The molecule has 43 heavy (non-hydrogen) atoms. The summed E-state index contributed by atoms with van der Waals surface area (Å²) in [4.78, 5) is 44.8. The zero-order chi connectivity index (χ0) is 30.9. The Hall–Kier alpha value is -2.93. The smallest absolute Gasteiger partial charge is 0.326 e. The van der Waals surface area contributed by atoms with Crippen LogP contribution in [0.25, 0.3) is 11.0 Å². The Labute approximate surface area is 268 Å². The number of anilines is 2. The summed E-state index contributed by atoms with van der Waals surface area (Å²) < 4.78 is 2.87. The van der Waals surface area contributed by atoms with Gasteiger partial charge in [0.2, 0.25) is 5.91 Å². The summed E-state index contributed by atoms with van der Waals surface area (Å²) in [5, 5.41) is 9.61. The molecule has 2 aromatic heterocycles. The molecule has 0 aliphatic heterocycles. The predicted octanol–water partition coefficient (Wildman–Crippen LogP) is 5.40. The van der Waals surface area contributed by atoms with Gasteiger partial charge in [-0.15, -0.1) is 0 Å². The van der Waals surface area contributed by atoms with Gasteiger partial charge in [-0.25, -0.2) is 9.78 Å². The van der Waals surface area contributed by atoms with Gasteiger partial charge in [-0.05, 0) is 48.8 Å². The van der Waals surface area contributed by atoms with Crippen molar-refractivity contribution in [2.75, 3.05) is 41.7 Å². The number of nitrogens with zero attached hydrogens (tertiary/aromatic N) is 2. The number of carbonyl (C=O) groups is 2. The highest BCUT2D eigenvalue weighted by Gasteiger charge is 2.14. The lowest BCUT2D eigenvalue weighted by molar-refractivity contribution is -0.121. The molecular formula is C32H48IN7O3. The van der Waals surface area contributed by atoms with E-state index in [1.807, 2.05) is 18.2 Å². The molecule has 10 nitrogen and oxygen atoms in total. The fraction of sp³-hybridized carbons (Fsp3) is 0.562. The van der Waals surface area contributed by atoms with Gasteiger partial charge in [0.1, 0.15) is 11.3 Å². The number of carbonyl (C=O) groups excluding carboxylic acids is 2. The van der Waals surface area contributed by atoms with E-state index in [4.69, 9.17) is 5.73 Å². The van der Waals surface area contributed by atoms with Crippen LogP contribution in [0.1, 0.15) is 93.5 Å². The average Bonchev–Trinajstić information content (AvgIpc) is 3.32. The molecule has 0 aliphatic carbocycles. The number of nitrogens with two attached hydrogens (primary N) is 1. The maximum atomic E-state index is 12.7. The molecule has 236 valence electrons. The summed E-state index contributed by atoms with van der Waals surface area (Å²) in [7, 11) is 0. The van der Waals surface area contributed by atoms with Gasteiger partial charge in [0.05, 0.1) is 12.1 Å². The molecule has 3 rings (SSSR count). The largest absolute Gasteiger partial charge is 0.382 e. The van der Waals surface area contributed by atoms with Crippen LogP contribution in [0.15, 0.2) is 35.1 Å². The second-order valence-electron chi connectivity index (χ2n) is 11.0. The summed E-state index contributed by atoms with van der Waals surface area (Å²) in [6.07, 6.45) is 11.1. The van der Waals surface area contributed by atoms with Crippen LogP contribution >= 0.6 is 22.6 Å². The Morgan fingerprint density at radius 2 is 1.65 bits per heavy atom. The lowest BCUT2D eigenvalue weighted by atomic mass is 10.0. The predicted molar refractivity (Wildman–Crippen MR) is 184 cm³/mol. The van der Waals surface area contributed by atoms with E-state index in [2.05, 4.69) is 55.4 Å². The zero-order valence-corrected chi connectivity index (χ0v) is 27.6. The lowest BCUT2D eigenvalue weighted by Gasteiger charge is -2.09. The molecule has 11 heteroatoms. The van der Waals surface area contributed by atoms with Crippen LogP contribution in [0, 0.1) is 0 Å². The third-order valence-electron chi connectivity index (χ3n) is 7.42. The topological polar surface area (TPSA) is 147 Å².